The van der Waals surface area contributed by atoms with E-state index >= 15 is 0 Å². The molecule has 2 aromatic heterocycles. The number of hydrogen-bond donors (Lipinski definition) is 0. The first-order valence-electron chi connectivity index (χ1n) is 27.2. The molecule has 0 N–H and O–H groups in total. The Morgan fingerprint density at radius 3 is 1.33 bits per heavy atom. The van der Waals surface area contributed by atoms with Gasteiger partial charge in [-0.05, 0) is 141 Å². The topological polar surface area (TPSA) is 32.8 Å². The monoisotopic (exact) mass is 1010 g/mol. The van der Waals surface area contributed by atoms with Crippen LogP contribution >= 0.6 is 0 Å². The molecule has 15 aromatic rings. The minimum absolute atomic E-state index is 0.783. The molecule has 0 spiro atoms. The van der Waals surface area contributed by atoms with Crippen LogP contribution in [0.4, 0.5) is 34.1 Å². The number of anilines is 6. The van der Waals surface area contributed by atoms with E-state index in [2.05, 4.69) is 291 Å². The van der Waals surface area contributed by atoms with Crippen LogP contribution in [0.3, 0.4) is 0 Å². The van der Waals surface area contributed by atoms with Crippen molar-refractivity contribution in [1.82, 2.24) is 0 Å². The van der Waals surface area contributed by atoms with Crippen LogP contribution < -0.4 is 9.80 Å². The van der Waals surface area contributed by atoms with Crippen LogP contribution in [0.15, 0.2) is 276 Å². The van der Waals surface area contributed by atoms with Gasteiger partial charge in [0.1, 0.15) is 11.2 Å². The van der Waals surface area contributed by atoms with Crippen LogP contribution in [0.2, 0.25) is 0 Å². The average Bonchev–Trinajstić information content (AvgIpc) is 4.36. The third-order valence-corrected chi connectivity index (χ3v) is 16.8. The molecular formula is C75H50N2O2. The van der Waals surface area contributed by atoms with E-state index in [0.717, 1.165) is 83.4 Å². The number of benzene rings is 13. The summed E-state index contributed by atoms with van der Waals surface area (Å²) in [5, 5.41) is 11.5. The first-order chi connectivity index (χ1) is 39.0. The zero-order valence-corrected chi connectivity index (χ0v) is 43.6. The SMILES string of the molecule is Cc1ccc(N(c2ccc3c(c2)C(c2ccccc2)(c2ccccc2)c2cc(N(c4ccc(C)cc4)c4cccc5c4oc4ccc6ccccc6c45)c4ccccc4c2-3)c2cccc3c2oc2ccc4ccccc4c23)cc1. The number of hydrogen-bond acceptors (Lipinski definition) is 4. The number of aryl methyl sites for hydroxylation is 2. The van der Waals surface area contributed by atoms with E-state index in [0.29, 0.717) is 0 Å². The molecule has 1 aliphatic carbocycles. The molecule has 0 saturated carbocycles. The third-order valence-electron chi connectivity index (χ3n) is 16.8. The van der Waals surface area contributed by atoms with Gasteiger partial charge >= 0.3 is 0 Å². The molecule has 0 saturated heterocycles. The second-order valence-electron chi connectivity index (χ2n) is 21.2. The lowest BCUT2D eigenvalue weighted by molar-refractivity contribution is 0.669. The van der Waals surface area contributed by atoms with Crippen molar-refractivity contribution >= 4 is 110 Å². The Morgan fingerprint density at radius 2 is 0.772 bits per heavy atom. The Bertz CT molecular complexity index is 4880. The highest BCUT2D eigenvalue weighted by atomic mass is 16.3. The van der Waals surface area contributed by atoms with Crippen molar-refractivity contribution in [3.63, 3.8) is 0 Å². The fraction of sp³-hybridized carbons (Fsp3) is 0.0400. The van der Waals surface area contributed by atoms with Gasteiger partial charge in [0.2, 0.25) is 0 Å². The van der Waals surface area contributed by atoms with Crippen LogP contribution in [0.1, 0.15) is 33.4 Å². The summed E-state index contributed by atoms with van der Waals surface area (Å²) in [6.45, 7) is 4.31. The fourth-order valence-corrected chi connectivity index (χ4v) is 13.3. The molecule has 1 aliphatic rings. The number of furan rings is 2. The van der Waals surface area contributed by atoms with Gasteiger partial charge < -0.3 is 18.6 Å². The molecule has 0 bridgehead atoms. The molecule has 79 heavy (non-hydrogen) atoms. The van der Waals surface area contributed by atoms with Gasteiger partial charge in [-0.2, -0.15) is 0 Å². The Hall–Kier alpha value is -10.2. The van der Waals surface area contributed by atoms with Crippen molar-refractivity contribution < 1.29 is 8.83 Å². The van der Waals surface area contributed by atoms with Crippen LogP contribution in [0.5, 0.6) is 0 Å². The quantitative estimate of drug-likeness (QED) is 0.152. The van der Waals surface area contributed by atoms with E-state index < -0.39 is 5.41 Å². The lowest BCUT2D eigenvalue weighted by Gasteiger charge is -2.36. The van der Waals surface area contributed by atoms with Crippen LogP contribution in [-0.2, 0) is 5.41 Å². The molecule has 0 aliphatic heterocycles. The highest BCUT2D eigenvalue weighted by molar-refractivity contribution is 6.23. The van der Waals surface area contributed by atoms with Gasteiger partial charge in [-0.15, -0.1) is 0 Å². The molecule has 0 amide bonds. The molecule has 0 atom stereocenters. The van der Waals surface area contributed by atoms with Gasteiger partial charge in [-0.1, -0.05) is 211 Å². The smallest absolute Gasteiger partial charge is 0.159 e. The van der Waals surface area contributed by atoms with Crippen molar-refractivity contribution in [1.29, 1.82) is 0 Å². The van der Waals surface area contributed by atoms with Crippen LogP contribution in [0, 0.1) is 13.8 Å². The maximum absolute atomic E-state index is 7.10. The molecule has 2 heterocycles. The van der Waals surface area contributed by atoms with Crippen LogP contribution in [-0.4, -0.2) is 0 Å². The zero-order chi connectivity index (χ0) is 52.3. The summed E-state index contributed by atoms with van der Waals surface area (Å²) in [5.41, 5.74) is 18.3. The van der Waals surface area contributed by atoms with Gasteiger partial charge in [0.25, 0.3) is 0 Å². The summed E-state index contributed by atoms with van der Waals surface area (Å²) in [6.07, 6.45) is 0. The molecule has 4 nitrogen and oxygen atoms in total. The molecule has 372 valence electrons. The van der Waals surface area contributed by atoms with E-state index in [1.807, 2.05) is 0 Å². The average molecular weight is 1010 g/mol. The van der Waals surface area contributed by atoms with Gasteiger partial charge in [0, 0.05) is 44.0 Å². The Balaban J connectivity index is 0.995. The van der Waals surface area contributed by atoms with Gasteiger partial charge in [-0.3, -0.25) is 0 Å². The second-order valence-corrected chi connectivity index (χ2v) is 21.2. The van der Waals surface area contributed by atoms with E-state index in [9.17, 15) is 0 Å². The number of rotatable bonds is 8. The minimum atomic E-state index is -0.783. The summed E-state index contributed by atoms with van der Waals surface area (Å²) in [4.78, 5) is 4.84. The summed E-state index contributed by atoms with van der Waals surface area (Å²) >= 11 is 0. The lowest BCUT2D eigenvalue weighted by Crippen LogP contribution is -2.29. The van der Waals surface area contributed by atoms with Crippen molar-refractivity contribution in [3.8, 4) is 11.1 Å². The number of para-hydroxylation sites is 2. The molecule has 0 radical (unpaired) electrons. The highest BCUT2D eigenvalue weighted by Gasteiger charge is 2.48. The standard InChI is InChI=1S/C75H50N2O2/c1-47-31-37-53(38-32-47)76(65-29-15-27-61-71-56-23-11-9-17-49(56)35-43-68(71)78-73(61)65)55-41-42-60-63(45-55)75(51-19-5-3-6-20-51,52-21-7-4-8-22-52)64-46-67(58-25-13-14-26-59(58)70(60)64)77(54-39-33-48(2)34-40-54)66-30-16-28-62-72-57-24-12-10-18-50(57)36-44-69(72)79-74(62)66/h3-46H,1-2H3. The zero-order valence-electron chi connectivity index (χ0n) is 43.6. The fourth-order valence-electron chi connectivity index (χ4n) is 13.3. The van der Waals surface area contributed by atoms with E-state index in [1.54, 1.807) is 0 Å². The van der Waals surface area contributed by atoms with E-state index in [4.69, 9.17) is 8.83 Å². The van der Waals surface area contributed by atoms with Crippen molar-refractivity contribution in [2.75, 3.05) is 9.80 Å². The Kier molecular flexibility index (Phi) is 9.95. The maximum atomic E-state index is 7.10. The van der Waals surface area contributed by atoms with Crippen LogP contribution in [0.25, 0.3) is 87.3 Å². The van der Waals surface area contributed by atoms with Crippen molar-refractivity contribution in [3.05, 3.63) is 300 Å². The third kappa shape index (κ3) is 6.68. The molecule has 16 rings (SSSR count). The summed E-state index contributed by atoms with van der Waals surface area (Å²) < 4.78 is 14.1. The van der Waals surface area contributed by atoms with Crippen molar-refractivity contribution in [2.45, 2.75) is 19.3 Å². The highest BCUT2D eigenvalue weighted by Crippen LogP contribution is 2.61. The van der Waals surface area contributed by atoms with E-state index in [-0.39, 0.29) is 0 Å². The van der Waals surface area contributed by atoms with Gasteiger partial charge in [-0.25, -0.2) is 0 Å². The van der Waals surface area contributed by atoms with Crippen molar-refractivity contribution in [2.24, 2.45) is 0 Å². The first kappa shape index (κ1) is 45.1. The normalized spacial score (nSPS) is 12.8. The lowest BCUT2D eigenvalue weighted by atomic mass is 9.67. The summed E-state index contributed by atoms with van der Waals surface area (Å²) in [7, 11) is 0. The first-order valence-corrected chi connectivity index (χ1v) is 27.2. The van der Waals surface area contributed by atoms with Gasteiger partial charge in [0.15, 0.2) is 11.2 Å². The second kappa shape index (κ2) is 17.4. The molecule has 13 aromatic carbocycles. The molecule has 0 fully saturated rings. The van der Waals surface area contributed by atoms with E-state index in [1.165, 1.54) is 71.4 Å². The molecule has 0 unspecified atom stereocenters. The largest absolute Gasteiger partial charge is 0.454 e. The molecular weight excluding hydrogens is 961 g/mol. The number of fused-ring (bicyclic) bond motifs is 15. The number of nitrogens with zero attached hydrogens (tertiary/aromatic N) is 2. The predicted octanol–water partition coefficient (Wildman–Crippen LogP) is 20.9. The van der Waals surface area contributed by atoms with Gasteiger partial charge in [0.05, 0.1) is 22.5 Å². The minimum Gasteiger partial charge on any atom is -0.454 e. The Morgan fingerprint density at radius 1 is 0.316 bits per heavy atom. The summed E-state index contributed by atoms with van der Waals surface area (Å²) in [6, 6.07) is 97.9. The Labute approximate surface area is 457 Å². The molecule has 4 heteroatoms. The summed E-state index contributed by atoms with van der Waals surface area (Å²) in [5.74, 6) is 0. The predicted molar refractivity (Wildman–Crippen MR) is 330 cm³/mol. The maximum Gasteiger partial charge on any atom is 0.159 e.